The highest BCUT2D eigenvalue weighted by Crippen LogP contribution is 2.30. The van der Waals surface area contributed by atoms with E-state index in [0.717, 1.165) is 16.2 Å². The van der Waals surface area contributed by atoms with Gasteiger partial charge in [0.1, 0.15) is 22.2 Å². The van der Waals surface area contributed by atoms with Gasteiger partial charge in [-0.15, -0.1) is 11.3 Å². The van der Waals surface area contributed by atoms with Crippen LogP contribution in [0.25, 0.3) is 38.6 Å². The molecule has 0 saturated heterocycles. The van der Waals surface area contributed by atoms with Crippen molar-refractivity contribution in [1.29, 1.82) is 5.26 Å². The third kappa shape index (κ3) is 4.99. The zero-order valence-electron chi connectivity index (χ0n) is 20.7. The fourth-order valence-electron chi connectivity index (χ4n) is 4.05. The highest BCUT2D eigenvalue weighted by molar-refractivity contribution is 7.11. The Labute approximate surface area is 225 Å². The normalized spacial score (nSPS) is 11.3. The van der Waals surface area contributed by atoms with E-state index in [4.69, 9.17) is 13.9 Å². The molecule has 9 nitrogen and oxygen atoms in total. The predicted molar refractivity (Wildman–Crippen MR) is 147 cm³/mol. The van der Waals surface area contributed by atoms with Gasteiger partial charge in [-0.2, -0.15) is 5.26 Å². The topological polar surface area (TPSA) is 132 Å². The molecular weight excluding hydrogens is 518 g/mol. The molecule has 10 heteroatoms. The van der Waals surface area contributed by atoms with E-state index in [1.807, 2.05) is 30.3 Å². The summed E-state index contributed by atoms with van der Waals surface area (Å²) in [5.41, 5.74) is 1.37. The Morgan fingerprint density at radius 2 is 1.72 bits per heavy atom. The van der Waals surface area contributed by atoms with Crippen LogP contribution in [0.1, 0.15) is 25.7 Å². The largest absolute Gasteiger partial charge is 0.465 e. The lowest BCUT2D eigenvalue weighted by atomic mass is 10.0. The second-order valence-corrected chi connectivity index (χ2v) is 9.14. The maximum atomic E-state index is 12.8. The van der Waals surface area contributed by atoms with E-state index < -0.39 is 17.6 Å². The van der Waals surface area contributed by atoms with Gasteiger partial charge in [-0.1, -0.05) is 30.3 Å². The number of nitriles is 1. The molecule has 0 saturated carbocycles. The zero-order chi connectivity index (χ0) is 27.5. The van der Waals surface area contributed by atoms with Gasteiger partial charge in [0.05, 0.1) is 36.6 Å². The van der Waals surface area contributed by atoms with Gasteiger partial charge in [0.15, 0.2) is 0 Å². The molecule has 39 heavy (non-hydrogen) atoms. The quantitative estimate of drug-likeness (QED) is 0.127. The van der Waals surface area contributed by atoms with Crippen LogP contribution in [0.3, 0.4) is 0 Å². The van der Waals surface area contributed by atoms with E-state index in [0.29, 0.717) is 22.0 Å². The van der Waals surface area contributed by atoms with E-state index in [9.17, 15) is 19.6 Å². The Balaban J connectivity index is 1.49. The summed E-state index contributed by atoms with van der Waals surface area (Å²) in [7, 11) is 2.46. The summed E-state index contributed by atoms with van der Waals surface area (Å²) in [6.45, 7) is 0. The van der Waals surface area contributed by atoms with E-state index in [2.05, 4.69) is 16.4 Å². The number of carbonyl (C=O) groups excluding carboxylic acids is 2. The van der Waals surface area contributed by atoms with Crippen molar-refractivity contribution in [2.75, 3.05) is 19.5 Å². The van der Waals surface area contributed by atoms with Crippen molar-refractivity contribution < 1.29 is 23.5 Å². The highest BCUT2D eigenvalue weighted by atomic mass is 32.1. The number of esters is 2. The van der Waals surface area contributed by atoms with Crippen molar-refractivity contribution in [2.24, 2.45) is 0 Å². The molecule has 0 amide bonds. The first-order valence-electron chi connectivity index (χ1n) is 11.5. The number of ether oxygens (including phenoxy) is 2. The van der Waals surface area contributed by atoms with Crippen molar-refractivity contribution in [3.05, 3.63) is 98.8 Å². The number of carbonyl (C=O) groups is 2. The predicted octanol–water partition coefficient (Wildman–Crippen LogP) is 5.62. The smallest absolute Gasteiger partial charge is 0.345 e. The molecule has 0 unspecified atom stereocenters. The number of aromatic nitrogens is 1. The number of fused-ring (bicyclic) bond motifs is 3. The third-order valence-corrected chi connectivity index (χ3v) is 6.81. The first-order valence-corrected chi connectivity index (χ1v) is 12.4. The molecule has 2 heterocycles. The molecule has 3 aromatic carbocycles. The molecule has 0 aliphatic heterocycles. The number of hydrogen-bond acceptors (Lipinski definition) is 10. The number of nitrogens with zero attached hydrogens (tertiary/aromatic N) is 2. The summed E-state index contributed by atoms with van der Waals surface area (Å²) in [6, 6.07) is 19.6. The SMILES string of the molecule is COC(=O)c1cc(NC=C(C#N)c2nc(-c3cc4c(ccc5ccccc54)oc3=O)cs2)cc(C(=O)OC)c1. The van der Waals surface area contributed by atoms with Gasteiger partial charge in [0, 0.05) is 22.7 Å². The Bertz CT molecular complexity index is 1860. The minimum atomic E-state index is -0.639. The standard InChI is InChI=1S/C29H19N3O6S/c1-36-27(33)17-9-18(28(34)37-2)11-20(10-17)31-14-19(13-30)26-32-24(15-39-26)23-12-22-21-6-4-3-5-16(21)7-8-25(22)38-29(23)35/h3-12,14-15,31H,1-2H3. The molecule has 1 N–H and O–H groups in total. The summed E-state index contributed by atoms with van der Waals surface area (Å²) in [5.74, 6) is -1.28. The van der Waals surface area contributed by atoms with Crippen molar-refractivity contribution >= 4 is 56.3 Å². The number of allylic oxidation sites excluding steroid dienone is 1. The Hall–Kier alpha value is -5.27. The maximum absolute atomic E-state index is 12.8. The van der Waals surface area contributed by atoms with Gasteiger partial charge in [0.2, 0.25) is 0 Å². The molecular formula is C29H19N3O6S. The van der Waals surface area contributed by atoms with E-state index in [1.54, 1.807) is 17.5 Å². The summed E-state index contributed by atoms with van der Waals surface area (Å²) in [6.07, 6.45) is 1.40. The van der Waals surface area contributed by atoms with Crippen LogP contribution < -0.4 is 10.9 Å². The number of thiazole rings is 1. The Kier molecular flexibility index (Phi) is 6.91. The van der Waals surface area contributed by atoms with Gasteiger partial charge < -0.3 is 19.2 Å². The molecule has 2 aromatic heterocycles. The molecule has 0 fully saturated rings. The molecule has 0 aliphatic carbocycles. The Morgan fingerprint density at radius 1 is 1.00 bits per heavy atom. The number of methoxy groups -OCH3 is 2. The van der Waals surface area contributed by atoms with Gasteiger partial charge in [-0.3, -0.25) is 0 Å². The molecule has 0 atom stereocenters. The monoisotopic (exact) mass is 537 g/mol. The van der Waals surface area contributed by atoms with Crippen molar-refractivity contribution in [1.82, 2.24) is 4.98 Å². The van der Waals surface area contributed by atoms with Crippen LogP contribution in [0.2, 0.25) is 0 Å². The number of nitrogens with one attached hydrogen (secondary N) is 1. The van der Waals surface area contributed by atoms with Crippen LogP contribution in [0.5, 0.6) is 0 Å². The fourth-order valence-corrected chi connectivity index (χ4v) is 4.84. The fraction of sp³-hybridized carbons (Fsp3) is 0.0690. The number of rotatable bonds is 6. The van der Waals surface area contributed by atoms with Crippen LogP contribution >= 0.6 is 11.3 Å². The molecule has 0 aliphatic rings. The minimum Gasteiger partial charge on any atom is -0.465 e. The van der Waals surface area contributed by atoms with Crippen molar-refractivity contribution in [2.45, 2.75) is 0 Å². The first-order chi connectivity index (χ1) is 18.9. The molecule has 192 valence electrons. The zero-order valence-corrected chi connectivity index (χ0v) is 21.5. The number of anilines is 1. The third-order valence-electron chi connectivity index (χ3n) is 5.93. The summed E-state index contributed by atoms with van der Waals surface area (Å²) in [5, 5.41) is 17.5. The van der Waals surface area contributed by atoms with Gasteiger partial charge in [-0.25, -0.2) is 19.4 Å². The van der Waals surface area contributed by atoms with Gasteiger partial charge >= 0.3 is 17.6 Å². The number of hydrogen-bond donors (Lipinski definition) is 1. The minimum absolute atomic E-state index is 0.127. The maximum Gasteiger partial charge on any atom is 0.345 e. The second-order valence-electron chi connectivity index (χ2n) is 8.28. The van der Waals surface area contributed by atoms with Crippen LogP contribution in [0, 0.1) is 11.3 Å². The summed E-state index contributed by atoms with van der Waals surface area (Å²) in [4.78, 5) is 41.4. The lowest BCUT2D eigenvalue weighted by Crippen LogP contribution is -2.07. The molecule has 0 bridgehead atoms. The van der Waals surface area contributed by atoms with Crippen LogP contribution in [0.15, 0.2) is 81.5 Å². The summed E-state index contributed by atoms with van der Waals surface area (Å²) < 4.78 is 15.1. The van der Waals surface area contributed by atoms with Crippen molar-refractivity contribution in [3.8, 4) is 17.3 Å². The Morgan fingerprint density at radius 3 is 2.41 bits per heavy atom. The lowest BCUT2D eigenvalue weighted by molar-refractivity contribution is 0.0599. The average molecular weight is 538 g/mol. The summed E-state index contributed by atoms with van der Waals surface area (Å²) >= 11 is 1.18. The van der Waals surface area contributed by atoms with E-state index >= 15 is 0 Å². The molecule has 5 rings (SSSR count). The lowest BCUT2D eigenvalue weighted by Gasteiger charge is -2.08. The highest BCUT2D eigenvalue weighted by Gasteiger charge is 2.16. The van der Waals surface area contributed by atoms with E-state index in [-0.39, 0.29) is 22.3 Å². The first kappa shape index (κ1) is 25.4. The van der Waals surface area contributed by atoms with Gasteiger partial charge in [-0.05, 0) is 41.1 Å². The van der Waals surface area contributed by atoms with Crippen molar-refractivity contribution in [3.63, 3.8) is 0 Å². The van der Waals surface area contributed by atoms with Gasteiger partial charge in [0.25, 0.3) is 0 Å². The number of benzene rings is 3. The van der Waals surface area contributed by atoms with Crippen LogP contribution in [-0.2, 0) is 9.47 Å². The average Bonchev–Trinajstić information content (AvgIpc) is 3.45. The molecule has 0 spiro atoms. The van der Waals surface area contributed by atoms with E-state index in [1.165, 1.54) is 50.0 Å². The molecule has 0 radical (unpaired) electrons. The molecule has 5 aromatic rings. The van der Waals surface area contributed by atoms with Crippen LogP contribution in [-0.4, -0.2) is 31.1 Å². The van der Waals surface area contributed by atoms with Crippen LogP contribution in [0.4, 0.5) is 5.69 Å². The second kappa shape index (κ2) is 10.6.